The van der Waals surface area contributed by atoms with Crippen molar-refractivity contribution >= 4 is 28.4 Å². The van der Waals surface area contributed by atoms with Crippen molar-refractivity contribution in [3.63, 3.8) is 0 Å². The molecule has 1 N–H and O–H groups in total. The van der Waals surface area contributed by atoms with Crippen molar-refractivity contribution in [2.75, 3.05) is 5.32 Å². The Hall–Kier alpha value is -3.42. The van der Waals surface area contributed by atoms with E-state index >= 15 is 0 Å². The van der Waals surface area contributed by atoms with Gasteiger partial charge in [-0.2, -0.15) is 0 Å². The Balaban J connectivity index is 1.88. The van der Waals surface area contributed by atoms with Crippen molar-refractivity contribution < 1.29 is 14.1 Å². The van der Waals surface area contributed by atoms with Gasteiger partial charge in [0, 0.05) is 11.8 Å². The molecule has 3 rings (SSSR count). The first kappa shape index (κ1) is 16.4. The number of nitrogens with zero attached hydrogens (tertiary/aromatic N) is 2. The van der Waals surface area contributed by atoms with Crippen LogP contribution < -0.4 is 11.1 Å². The molecular weight excluding hydrogens is 326 g/mol. The van der Waals surface area contributed by atoms with E-state index in [9.17, 15) is 19.7 Å². The van der Waals surface area contributed by atoms with Crippen LogP contribution in [0, 0.1) is 24.0 Å². The van der Waals surface area contributed by atoms with E-state index in [2.05, 4.69) is 5.32 Å². The molecule has 0 aliphatic rings. The molecule has 0 saturated carbocycles. The molecule has 2 aromatic carbocycles. The average Bonchev–Trinajstić information content (AvgIpc) is 2.86. The van der Waals surface area contributed by atoms with E-state index in [1.807, 2.05) is 26.0 Å². The summed E-state index contributed by atoms with van der Waals surface area (Å²) in [6.45, 7) is 3.58. The Kier molecular flexibility index (Phi) is 4.10. The molecular formula is C17H15N3O5. The third kappa shape index (κ3) is 3.14. The Labute approximate surface area is 141 Å². The highest BCUT2D eigenvalue weighted by Gasteiger charge is 2.16. The van der Waals surface area contributed by atoms with E-state index in [1.165, 1.54) is 12.1 Å². The van der Waals surface area contributed by atoms with Gasteiger partial charge < -0.3 is 9.73 Å². The fraction of sp³-hybridized carbons (Fsp3) is 0.176. The molecule has 0 bridgehead atoms. The summed E-state index contributed by atoms with van der Waals surface area (Å²) in [5.74, 6) is -1.14. The highest BCUT2D eigenvalue weighted by molar-refractivity contribution is 5.92. The number of nitrogens with one attached hydrogen (secondary N) is 1. The first-order chi connectivity index (χ1) is 11.9. The lowest BCUT2D eigenvalue weighted by molar-refractivity contribution is -0.384. The molecule has 0 aliphatic heterocycles. The van der Waals surface area contributed by atoms with Crippen molar-refractivity contribution in [2.24, 2.45) is 0 Å². The number of carbonyl (C=O) groups excluding carboxylic acids is 1. The summed E-state index contributed by atoms with van der Waals surface area (Å²) in [6.07, 6.45) is 0. The van der Waals surface area contributed by atoms with Gasteiger partial charge in [-0.3, -0.25) is 19.5 Å². The van der Waals surface area contributed by atoms with E-state index in [-0.39, 0.29) is 17.8 Å². The molecule has 25 heavy (non-hydrogen) atoms. The smallest absolute Gasteiger partial charge is 0.407 e. The summed E-state index contributed by atoms with van der Waals surface area (Å²) in [6, 6.07) is 9.36. The lowest BCUT2D eigenvalue weighted by atomic mass is 10.1. The van der Waals surface area contributed by atoms with Gasteiger partial charge in [-0.1, -0.05) is 12.1 Å². The molecule has 0 atom stereocenters. The summed E-state index contributed by atoms with van der Waals surface area (Å²) in [5.41, 5.74) is 2.85. The van der Waals surface area contributed by atoms with Gasteiger partial charge >= 0.3 is 5.76 Å². The molecule has 128 valence electrons. The maximum absolute atomic E-state index is 12.3. The second kappa shape index (κ2) is 6.23. The van der Waals surface area contributed by atoms with Crippen molar-refractivity contribution in [1.29, 1.82) is 0 Å². The van der Waals surface area contributed by atoms with Gasteiger partial charge in [-0.05, 0) is 37.1 Å². The minimum absolute atomic E-state index is 0.0683. The minimum atomic E-state index is -0.744. The third-order valence-electron chi connectivity index (χ3n) is 4.04. The van der Waals surface area contributed by atoms with Gasteiger partial charge in [0.2, 0.25) is 5.91 Å². The van der Waals surface area contributed by atoms with E-state index in [0.29, 0.717) is 11.2 Å². The number of rotatable bonds is 4. The predicted octanol–water partition coefficient (Wildman–Crippen LogP) is 2.76. The number of benzene rings is 2. The Morgan fingerprint density at radius 2 is 2.04 bits per heavy atom. The zero-order valence-corrected chi connectivity index (χ0v) is 13.6. The molecule has 0 fully saturated rings. The number of nitro groups is 1. The first-order valence-electron chi connectivity index (χ1n) is 7.50. The quantitative estimate of drug-likeness (QED) is 0.580. The molecule has 1 heterocycles. The number of fused-ring (bicyclic) bond motifs is 1. The summed E-state index contributed by atoms with van der Waals surface area (Å²) < 4.78 is 6.15. The zero-order valence-electron chi connectivity index (χ0n) is 13.6. The van der Waals surface area contributed by atoms with E-state index in [0.717, 1.165) is 21.8 Å². The number of nitro benzene ring substituents is 1. The monoisotopic (exact) mass is 341 g/mol. The van der Waals surface area contributed by atoms with Crippen molar-refractivity contribution in [1.82, 2.24) is 4.57 Å². The topological polar surface area (TPSA) is 107 Å². The van der Waals surface area contributed by atoms with Crippen molar-refractivity contribution in [3.05, 3.63) is 68.2 Å². The first-order valence-corrected chi connectivity index (χ1v) is 7.50. The molecule has 8 nitrogen and oxygen atoms in total. The molecule has 1 amide bonds. The number of anilines is 1. The fourth-order valence-corrected chi connectivity index (χ4v) is 2.54. The van der Waals surface area contributed by atoms with Crippen LogP contribution in [-0.2, 0) is 11.3 Å². The third-order valence-corrected chi connectivity index (χ3v) is 4.04. The van der Waals surface area contributed by atoms with Crippen LogP contribution in [0.5, 0.6) is 0 Å². The van der Waals surface area contributed by atoms with Crippen LogP contribution >= 0.6 is 0 Å². The lowest BCUT2D eigenvalue weighted by Crippen LogP contribution is -2.25. The number of amides is 1. The zero-order chi connectivity index (χ0) is 18.1. The summed E-state index contributed by atoms with van der Waals surface area (Å²) >= 11 is 0. The van der Waals surface area contributed by atoms with Crippen LogP contribution in [0.25, 0.3) is 11.1 Å². The van der Waals surface area contributed by atoms with Crippen molar-refractivity contribution in [2.45, 2.75) is 20.4 Å². The number of hydrogen-bond donors (Lipinski definition) is 1. The van der Waals surface area contributed by atoms with Gasteiger partial charge in [-0.25, -0.2) is 4.79 Å². The Morgan fingerprint density at radius 1 is 1.28 bits per heavy atom. The Bertz CT molecular complexity index is 1050. The lowest BCUT2D eigenvalue weighted by Gasteiger charge is -2.10. The van der Waals surface area contributed by atoms with Crippen LogP contribution in [0.1, 0.15) is 11.1 Å². The van der Waals surface area contributed by atoms with Crippen LogP contribution in [0.4, 0.5) is 11.4 Å². The number of aryl methyl sites for hydroxylation is 1. The predicted molar refractivity (Wildman–Crippen MR) is 91.7 cm³/mol. The maximum Gasteiger partial charge on any atom is 0.420 e. The van der Waals surface area contributed by atoms with Gasteiger partial charge in [0.25, 0.3) is 5.69 Å². The Morgan fingerprint density at radius 3 is 2.76 bits per heavy atom. The van der Waals surface area contributed by atoms with Gasteiger partial charge in [0.15, 0.2) is 5.58 Å². The molecule has 8 heteroatoms. The standard InChI is InChI=1S/C17H15N3O5/c1-10-4-3-5-13(11(10)2)18-16(21)9-19-14-7-6-12(20(23)24)8-15(14)25-17(19)22/h3-8H,9H2,1-2H3,(H,18,21). The molecule has 0 saturated heterocycles. The fourth-order valence-electron chi connectivity index (χ4n) is 2.54. The maximum atomic E-state index is 12.3. The largest absolute Gasteiger partial charge is 0.420 e. The normalized spacial score (nSPS) is 10.8. The highest BCUT2D eigenvalue weighted by Crippen LogP contribution is 2.21. The minimum Gasteiger partial charge on any atom is -0.407 e. The van der Waals surface area contributed by atoms with Crippen molar-refractivity contribution in [3.8, 4) is 0 Å². The number of oxazole rings is 1. The van der Waals surface area contributed by atoms with Crippen LogP contribution in [0.3, 0.4) is 0 Å². The molecule has 3 aromatic rings. The number of carbonyl (C=O) groups is 1. The van der Waals surface area contributed by atoms with Crippen LogP contribution in [0.15, 0.2) is 45.6 Å². The second-order valence-corrected chi connectivity index (χ2v) is 5.66. The molecule has 0 radical (unpaired) electrons. The summed E-state index contributed by atoms with van der Waals surface area (Å²) in [4.78, 5) is 34.5. The van der Waals surface area contributed by atoms with E-state index < -0.39 is 16.6 Å². The molecule has 0 aliphatic carbocycles. The molecule has 0 spiro atoms. The number of hydrogen-bond acceptors (Lipinski definition) is 5. The van der Waals surface area contributed by atoms with Gasteiger partial charge in [0.05, 0.1) is 16.5 Å². The highest BCUT2D eigenvalue weighted by atomic mass is 16.6. The summed E-state index contributed by atoms with van der Waals surface area (Å²) in [7, 11) is 0. The average molecular weight is 341 g/mol. The number of non-ortho nitro benzene ring substituents is 1. The van der Waals surface area contributed by atoms with E-state index in [4.69, 9.17) is 4.42 Å². The molecule has 0 unspecified atom stereocenters. The second-order valence-electron chi connectivity index (χ2n) is 5.66. The van der Waals surface area contributed by atoms with Gasteiger partial charge in [-0.15, -0.1) is 0 Å². The van der Waals surface area contributed by atoms with E-state index in [1.54, 1.807) is 6.07 Å². The summed E-state index contributed by atoms with van der Waals surface area (Å²) in [5, 5.41) is 13.6. The molecule has 1 aromatic heterocycles. The van der Waals surface area contributed by atoms with Gasteiger partial charge in [0.1, 0.15) is 6.54 Å². The number of aromatic nitrogens is 1. The SMILES string of the molecule is Cc1cccc(NC(=O)Cn2c(=O)oc3cc([N+](=O)[O-])ccc32)c1C. The van der Waals surface area contributed by atoms with Crippen LogP contribution in [-0.4, -0.2) is 15.4 Å². The van der Waals surface area contributed by atoms with Crippen LogP contribution in [0.2, 0.25) is 0 Å².